The minimum absolute atomic E-state index is 0.198. The van der Waals surface area contributed by atoms with E-state index < -0.39 is 0 Å². The lowest BCUT2D eigenvalue weighted by atomic mass is 9.80. The predicted octanol–water partition coefficient (Wildman–Crippen LogP) is 15.6. The molecule has 2 aliphatic rings. The van der Waals surface area contributed by atoms with E-state index in [9.17, 15) is 5.26 Å². The number of furan rings is 1. The van der Waals surface area contributed by atoms with Crippen molar-refractivity contribution in [3.05, 3.63) is 208 Å². The molecule has 0 fully saturated rings. The third kappa shape index (κ3) is 8.91. The Morgan fingerprint density at radius 2 is 1.39 bits per heavy atom. The maximum Gasteiger partial charge on any atom is 0.134 e. The molecule has 4 aromatic carbocycles. The first-order valence-electron chi connectivity index (χ1n) is 20.6. The average Bonchev–Trinajstić information content (AvgIpc) is 3.73. The van der Waals surface area contributed by atoms with Crippen molar-refractivity contribution in [3.63, 3.8) is 0 Å². The number of fused-ring (bicyclic) bond motifs is 4. The molecule has 2 aliphatic carbocycles. The predicted molar refractivity (Wildman–Crippen MR) is 262 cm³/mol. The average molecular weight is 800 g/mol. The van der Waals surface area contributed by atoms with Gasteiger partial charge in [-0.25, -0.2) is 0 Å². The van der Waals surface area contributed by atoms with E-state index in [2.05, 4.69) is 114 Å². The lowest BCUT2D eigenvalue weighted by Gasteiger charge is -2.31. The summed E-state index contributed by atoms with van der Waals surface area (Å²) in [5.74, 6) is 1.94. The maximum absolute atomic E-state index is 9.75. The fraction of sp³-hybridized carbons (Fsp3) is 0.193. The SMILES string of the molecule is C=C/C=C(\C=C)N(c1ccc(C)c(C#N)c1)c1cc2c(c(C=C)c1C=C)-c1ccc(C)cc1C2(C)C.C=Cc1oc2c(c1/C=C\C)CCC=C2C.Cc1ccc(C)c(C#N)c1. The number of aryl methyl sites for hydroxylation is 4. The van der Waals surface area contributed by atoms with Crippen LogP contribution in [-0.4, -0.2) is 0 Å². The summed E-state index contributed by atoms with van der Waals surface area (Å²) >= 11 is 0. The minimum atomic E-state index is -0.198. The van der Waals surface area contributed by atoms with Crippen molar-refractivity contribution < 1.29 is 4.42 Å². The van der Waals surface area contributed by atoms with Crippen LogP contribution in [0.5, 0.6) is 0 Å². The Morgan fingerprint density at radius 1 is 0.754 bits per heavy atom. The molecule has 0 unspecified atom stereocenters. The molecule has 0 saturated carbocycles. The van der Waals surface area contributed by atoms with Gasteiger partial charge in [0.05, 0.1) is 29.0 Å². The molecule has 0 amide bonds. The fourth-order valence-corrected chi connectivity index (χ4v) is 8.24. The lowest BCUT2D eigenvalue weighted by Crippen LogP contribution is -2.20. The van der Waals surface area contributed by atoms with Crippen molar-refractivity contribution >= 4 is 41.3 Å². The molecule has 0 saturated heterocycles. The van der Waals surface area contributed by atoms with Crippen molar-refractivity contribution in [2.75, 3.05) is 4.90 Å². The van der Waals surface area contributed by atoms with Crippen LogP contribution in [-0.2, 0) is 11.8 Å². The molecule has 0 atom stereocenters. The van der Waals surface area contributed by atoms with Crippen molar-refractivity contribution in [1.82, 2.24) is 0 Å². The first kappa shape index (κ1) is 45.0. The second-order valence-electron chi connectivity index (χ2n) is 16.0. The third-order valence-electron chi connectivity index (χ3n) is 11.5. The molecule has 1 aromatic heterocycles. The first-order chi connectivity index (χ1) is 29.2. The van der Waals surface area contributed by atoms with Gasteiger partial charge in [-0.15, -0.1) is 0 Å². The van der Waals surface area contributed by atoms with Gasteiger partial charge in [-0.1, -0.05) is 125 Å². The van der Waals surface area contributed by atoms with E-state index in [1.807, 2.05) is 94.5 Å². The van der Waals surface area contributed by atoms with E-state index in [1.54, 1.807) is 12.2 Å². The van der Waals surface area contributed by atoms with Crippen molar-refractivity contribution in [1.29, 1.82) is 10.5 Å². The monoisotopic (exact) mass is 799 g/mol. The Morgan fingerprint density at radius 3 is 1.98 bits per heavy atom. The van der Waals surface area contributed by atoms with Crippen LogP contribution in [0.1, 0.15) is 112 Å². The molecule has 5 aromatic rings. The molecule has 0 bridgehead atoms. The highest BCUT2D eigenvalue weighted by atomic mass is 16.3. The highest BCUT2D eigenvalue weighted by Crippen LogP contribution is 2.54. The Bertz CT molecular complexity index is 2740. The van der Waals surface area contributed by atoms with Gasteiger partial charge in [0.15, 0.2) is 0 Å². The zero-order valence-electron chi connectivity index (χ0n) is 37.2. The number of rotatable bonds is 9. The second-order valence-corrected chi connectivity index (χ2v) is 16.0. The van der Waals surface area contributed by atoms with Gasteiger partial charge in [-0.2, -0.15) is 10.5 Å². The van der Waals surface area contributed by atoms with E-state index >= 15 is 0 Å². The Hall–Kier alpha value is -7.14. The standard InChI is InChI=1S/C34H32N2.C14H16O.C9H9N/c1-9-13-25(10-2)36(26-16-15-23(6)24(19-26)21-35)32-20-31-33(28(12-4)27(32)11-3)29-17-14-22(5)18-30(29)34(31,7)8;1-4-7-11-12-9-6-8-10(3)14(12)15-13(11)5-2;1-7-3-4-8(2)9(5-7)6-10/h9-20H,1-4H2,5-8H3;4-5,7-8H,2,6,9H2,1,3H3;3-5H,1-2H3/b25-13+;7-4-;. The minimum Gasteiger partial charge on any atom is -0.456 e. The molecular formula is C57H57N3O. The highest BCUT2D eigenvalue weighted by molar-refractivity contribution is 5.95. The number of anilines is 2. The number of nitrogens with zero attached hydrogens (tertiary/aromatic N) is 3. The van der Waals surface area contributed by atoms with Crippen LogP contribution in [0.2, 0.25) is 0 Å². The van der Waals surface area contributed by atoms with Gasteiger partial charge >= 0.3 is 0 Å². The Kier molecular flexibility index (Phi) is 14.2. The molecule has 0 spiro atoms. The topological polar surface area (TPSA) is 64.0 Å². The van der Waals surface area contributed by atoms with Gasteiger partial charge in [-0.3, -0.25) is 0 Å². The van der Waals surface area contributed by atoms with E-state index in [0.29, 0.717) is 5.56 Å². The normalized spacial score (nSPS) is 13.0. The number of allylic oxidation sites excluding steroid dienone is 6. The summed E-state index contributed by atoms with van der Waals surface area (Å²) in [6.45, 7) is 36.9. The quantitative estimate of drug-likeness (QED) is 0.139. The summed E-state index contributed by atoms with van der Waals surface area (Å²) in [5, 5.41) is 18.3. The molecule has 61 heavy (non-hydrogen) atoms. The van der Waals surface area contributed by atoms with Gasteiger partial charge in [0, 0.05) is 33.5 Å². The van der Waals surface area contributed by atoms with Crippen LogP contribution in [0, 0.1) is 50.4 Å². The van der Waals surface area contributed by atoms with Gasteiger partial charge in [-0.05, 0) is 147 Å². The fourth-order valence-electron chi connectivity index (χ4n) is 8.24. The Labute approximate surface area is 364 Å². The van der Waals surface area contributed by atoms with Crippen molar-refractivity contribution in [2.45, 2.75) is 73.6 Å². The zero-order valence-corrected chi connectivity index (χ0v) is 37.2. The molecule has 4 heteroatoms. The summed E-state index contributed by atoms with van der Waals surface area (Å²) in [4.78, 5) is 2.13. The number of nitriles is 2. The molecular weight excluding hydrogens is 743 g/mol. The van der Waals surface area contributed by atoms with Gasteiger partial charge in [0.2, 0.25) is 0 Å². The van der Waals surface area contributed by atoms with E-state index in [0.717, 1.165) is 74.8 Å². The number of hydrogen-bond donors (Lipinski definition) is 0. The van der Waals surface area contributed by atoms with E-state index in [4.69, 9.17) is 9.68 Å². The number of hydrogen-bond acceptors (Lipinski definition) is 4. The van der Waals surface area contributed by atoms with Crippen molar-refractivity contribution in [2.24, 2.45) is 0 Å². The third-order valence-corrected chi connectivity index (χ3v) is 11.5. The molecule has 1 heterocycles. The summed E-state index contributed by atoms with van der Waals surface area (Å²) in [7, 11) is 0. The smallest absolute Gasteiger partial charge is 0.134 e. The summed E-state index contributed by atoms with van der Waals surface area (Å²) < 4.78 is 5.81. The largest absolute Gasteiger partial charge is 0.456 e. The van der Waals surface area contributed by atoms with Gasteiger partial charge < -0.3 is 9.32 Å². The van der Waals surface area contributed by atoms with Crippen LogP contribution in [0.4, 0.5) is 11.4 Å². The maximum atomic E-state index is 9.75. The second kappa shape index (κ2) is 19.3. The van der Waals surface area contributed by atoms with Crippen LogP contribution in [0.3, 0.4) is 0 Å². The van der Waals surface area contributed by atoms with Crippen LogP contribution in [0.15, 0.2) is 134 Å². The van der Waals surface area contributed by atoms with Crippen LogP contribution >= 0.6 is 0 Å². The highest BCUT2D eigenvalue weighted by Gasteiger charge is 2.38. The van der Waals surface area contributed by atoms with E-state index in [-0.39, 0.29) is 5.41 Å². The molecule has 7 rings (SSSR count). The number of benzene rings is 4. The molecule has 0 aliphatic heterocycles. The summed E-state index contributed by atoms with van der Waals surface area (Å²) in [6.07, 6.45) is 19.7. The summed E-state index contributed by atoms with van der Waals surface area (Å²) in [5.41, 5.74) is 19.1. The molecule has 306 valence electrons. The van der Waals surface area contributed by atoms with E-state index in [1.165, 1.54) is 44.5 Å². The van der Waals surface area contributed by atoms with Crippen molar-refractivity contribution in [3.8, 4) is 23.3 Å². The molecule has 0 N–H and O–H groups in total. The lowest BCUT2D eigenvalue weighted by molar-refractivity contribution is 0.537. The van der Waals surface area contributed by atoms with Crippen LogP contribution in [0.25, 0.3) is 41.0 Å². The summed E-state index contributed by atoms with van der Waals surface area (Å²) in [6, 6.07) is 25.2. The van der Waals surface area contributed by atoms with Gasteiger partial charge in [0.1, 0.15) is 11.5 Å². The Balaban J connectivity index is 0.000000228. The zero-order chi connectivity index (χ0) is 44.6. The molecule has 4 nitrogen and oxygen atoms in total. The van der Waals surface area contributed by atoms with Gasteiger partial charge in [0.25, 0.3) is 0 Å². The first-order valence-corrected chi connectivity index (χ1v) is 20.6. The molecule has 0 radical (unpaired) electrons. The van der Waals surface area contributed by atoms with Crippen LogP contribution < -0.4 is 4.90 Å².